The summed E-state index contributed by atoms with van der Waals surface area (Å²) in [5.74, 6) is -0.780. The van der Waals surface area contributed by atoms with E-state index in [0.29, 0.717) is 14.7 Å². The van der Waals surface area contributed by atoms with E-state index in [4.69, 9.17) is 11.6 Å². The molecule has 28 heavy (non-hydrogen) atoms. The van der Waals surface area contributed by atoms with Crippen molar-refractivity contribution in [3.63, 3.8) is 0 Å². The smallest absolute Gasteiger partial charge is 0.299 e. The van der Waals surface area contributed by atoms with Crippen LogP contribution in [0.4, 0.5) is 24.0 Å². The largest absolute Gasteiger partial charge is 0.417 e. The van der Waals surface area contributed by atoms with E-state index in [1.54, 1.807) is 6.26 Å². The molecule has 2 rings (SSSR count). The van der Waals surface area contributed by atoms with E-state index in [1.165, 1.54) is 18.7 Å². The van der Waals surface area contributed by atoms with E-state index < -0.39 is 38.7 Å². The molecule has 14 heteroatoms. The Morgan fingerprint density at radius 3 is 2.50 bits per heavy atom. The van der Waals surface area contributed by atoms with Crippen molar-refractivity contribution in [3.8, 4) is 0 Å². The lowest BCUT2D eigenvalue weighted by molar-refractivity contribution is -0.137. The molecule has 1 N–H and O–H groups in total. The van der Waals surface area contributed by atoms with Crippen molar-refractivity contribution in [2.45, 2.75) is 23.5 Å². The Hall–Kier alpha value is -1.57. The number of anilines is 2. The zero-order valence-electron chi connectivity index (χ0n) is 14.6. The van der Waals surface area contributed by atoms with E-state index in [2.05, 4.69) is 15.5 Å². The van der Waals surface area contributed by atoms with Crippen molar-refractivity contribution in [2.24, 2.45) is 0 Å². The molecule has 1 heterocycles. The minimum absolute atomic E-state index is 0.140. The van der Waals surface area contributed by atoms with Crippen LogP contribution in [0.3, 0.4) is 0 Å². The van der Waals surface area contributed by atoms with Gasteiger partial charge in [0.2, 0.25) is 21.1 Å². The predicted molar refractivity (Wildman–Crippen MR) is 104 cm³/mol. The molecule has 1 atom stereocenters. The molecule has 0 bridgehead atoms. The number of hydrogen-bond acceptors (Lipinski definition) is 7. The van der Waals surface area contributed by atoms with Gasteiger partial charge in [-0.15, -0.1) is 10.2 Å². The SMILES string of the molecule is CSc1nnc(NC(=O)[C@@H](C)N(c2ccc(Cl)c(C(F)(F)F)c2)S(C)(=O)=O)s1. The molecule has 0 aliphatic carbocycles. The van der Waals surface area contributed by atoms with Crippen LogP contribution in [0.2, 0.25) is 5.02 Å². The molecule has 1 aromatic heterocycles. The number of nitrogens with zero attached hydrogens (tertiary/aromatic N) is 3. The van der Waals surface area contributed by atoms with Gasteiger partial charge < -0.3 is 0 Å². The Balaban J connectivity index is 2.40. The molecule has 0 spiro atoms. The lowest BCUT2D eigenvalue weighted by Gasteiger charge is -2.28. The number of hydrogen-bond donors (Lipinski definition) is 1. The first-order valence-corrected chi connectivity index (χ1v) is 11.7. The number of rotatable bonds is 6. The lowest BCUT2D eigenvalue weighted by atomic mass is 10.1. The average molecular weight is 475 g/mol. The highest BCUT2D eigenvalue weighted by Gasteiger charge is 2.36. The van der Waals surface area contributed by atoms with Gasteiger partial charge in [-0.1, -0.05) is 34.7 Å². The first kappa shape index (κ1) is 22.7. The summed E-state index contributed by atoms with van der Waals surface area (Å²) in [5, 5.41) is 9.51. The van der Waals surface area contributed by atoms with Crippen LogP contribution in [-0.4, -0.2) is 43.1 Å². The summed E-state index contributed by atoms with van der Waals surface area (Å²) in [7, 11) is -4.10. The Kier molecular flexibility index (Phi) is 6.84. The first-order valence-electron chi connectivity index (χ1n) is 7.39. The first-order chi connectivity index (χ1) is 12.8. The van der Waals surface area contributed by atoms with E-state index in [-0.39, 0.29) is 10.8 Å². The number of alkyl halides is 3. The molecule has 2 aromatic rings. The molecule has 7 nitrogen and oxygen atoms in total. The molecule has 1 amide bonds. The highest BCUT2D eigenvalue weighted by molar-refractivity contribution is 8.00. The molecule has 0 aliphatic rings. The fourth-order valence-electron chi connectivity index (χ4n) is 2.23. The zero-order valence-corrected chi connectivity index (χ0v) is 17.8. The number of benzene rings is 1. The maximum absolute atomic E-state index is 13.1. The number of sulfonamides is 1. The normalized spacial score (nSPS) is 13.2. The Bertz CT molecular complexity index is 982. The molecular weight excluding hydrogens is 461 g/mol. The summed E-state index contributed by atoms with van der Waals surface area (Å²) in [6.45, 7) is 1.24. The molecule has 0 fully saturated rings. The summed E-state index contributed by atoms with van der Waals surface area (Å²) >= 11 is 7.96. The van der Waals surface area contributed by atoms with E-state index in [1.807, 2.05) is 0 Å². The number of carbonyl (C=O) groups is 1. The third-order valence-electron chi connectivity index (χ3n) is 3.41. The van der Waals surface area contributed by atoms with Crippen molar-refractivity contribution in [3.05, 3.63) is 28.8 Å². The molecule has 1 aromatic carbocycles. The summed E-state index contributed by atoms with van der Waals surface area (Å²) in [4.78, 5) is 12.5. The topological polar surface area (TPSA) is 92.3 Å². The van der Waals surface area contributed by atoms with E-state index in [0.717, 1.165) is 29.7 Å². The van der Waals surface area contributed by atoms with Crippen LogP contribution in [0, 0.1) is 0 Å². The second-order valence-electron chi connectivity index (χ2n) is 5.46. The number of thioether (sulfide) groups is 1. The van der Waals surface area contributed by atoms with Gasteiger partial charge in [0.1, 0.15) is 6.04 Å². The highest BCUT2D eigenvalue weighted by Crippen LogP contribution is 2.37. The summed E-state index contributed by atoms with van der Waals surface area (Å²) in [5.41, 5.74) is -1.55. The Labute approximate surface area is 172 Å². The number of halogens is 4. The van der Waals surface area contributed by atoms with Crippen LogP contribution < -0.4 is 9.62 Å². The average Bonchev–Trinajstić information content (AvgIpc) is 3.01. The van der Waals surface area contributed by atoms with Gasteiger partial charge in [0.05, 0.1) is 22.5 Å². The van der Waals surface area contributed by atoms with Crippen LogP contribution in [0.25, 0.3) is 0 Å². The number of nitrogens with one attached hydrogen (secondary N) is 1. The van der Waals surface area contributed by atoms with Crippen molar-refractivity contribution in [2.75, 3.05) is 22.1 Å². The standard InChI is InChI=1S/C14H14ClF3N4O3S3/c1-7(11(23)19-12-20-21-13(26-2)27-12)22(28(3,24)25)8-4-5-10(15)9(6-8)14(16,17)18/h4-7H,1-3H3,(H,19,20,23)/t7-/m1/s1. The van der Waals surface area contributed by atoms with Crippen LogP contribution in [0.1, 0.15) is 12.5 Å². The van der Waals surface area contributed by atoms with Crippen LogP contribution >= 0.6 is 34.7 Å². The maximum Gasteiger partial charge on any atom is 0.417 e. The Morgan fingerprint density at radius 2 is 2.00 bits per heavy atom. The summed E-state index contributed by atoms with van der Waals surface area (Å²) in [6, 6.07) is 1.25. The molecular formula is C14H14ClF3N4O3S3. The van der Waals surface area contributed by atoms with Gasteiger partial charge in [-0.3, -0.25) is 14.4 Å². The third kappa shape index (κ3) is 5.27. The minimum Gasteiger partial charge on any atom is -0.299 e. The number of amides is 1. The summed E-state index contributed by atoms with van der Waals surface area (Å²) < 4.78 is 65.0. The van der Waals surface area contributed by atoms with Crippen molar-refractivity contribution < 1.29 is 26.4 Å². The lowest BCUT2D eigenvalue weighted by Crippen LogP contribution is -2.45. The van der Waals surface area contributed by atoms with E-state index >= 15 is 0 Å². The van der Waals surface area contributed by atoms with Gasteiger partial charge in [-0.2, -0.15) is 13.2 Å². The summed E-state index contributed by atoms with van der Waals surface area (Å²) in [6.07, 6.45) is -2.24. The van der Waals surface area contributed by atoms with Crippen molar-refractivity contribution in [1.29, 1.82) is 0 Å². The predicted octanol–water partition coefficient (Wildman–Crippen LogP) is 3.73. The molecule has 0 radical (unpaired) electrons. The fraction of sp³-hybridized carbons (Fsp3) is 0.357. The highest BCUT2D eigenvalue weighted by atomic mass is 35.5. The zero-order chi connectivity index (χ0) is 21.3. The van der Waals surface area contributed by atoms with E-state index in [9.17, 15) is 26.4 Å². The van der Waals surface area contributed by atoms with Gasteiger partial charge in [0.15, 0.2) is 4.34 Å². The van der Waals surface area contributed by atoms with Gasteiger partial charge in [-0.05, 0) is 31.4 Å². The van der Waals surface area contributed by atoms with Gasteiger partial charge in [0, 0.05) is 0 Å². The van der Waals surface area contributed by atoms with Gasteiger partial charge in [-0.25, -0.2) is 8.42 Å². The minimum atomic E-state index is -4.79. The second kappa shape index (κ2) is 8.43. The molecule has 0 saturated heterocycles. The molecule has 0 saturated carbocycles. The Morgan fingerprint density at radius 1 is 1.36 bits per heavy atom. The third-order valence-corrected chi connectivity index (χ3v) is 6.79. The molecule has 154 valence electrons. The number of aromatic nitrogens is 2. The monoisotopic (exact) mass is 474 g/mol. The van der Waals surface area contributed by atoms with Crippen LogP contribution in [-0.2, 0) is 21.0 Å². The quantitative estimate of drug-likeness (QED) is 0.506. The maximum atomic E-state index is 13.1. The molecule has 0 aliphatic heterocycles. The van der Waals surface area contributed by atoms with Gasteiger partial charge >= 0.3 is 6.18 Å². The fourth-order valence-corrected chi connectivity index (χ4v) is 4.79. The van der Waals surface area contributed by atoms with Gasteiger partial charge in [0.25, 0.3) is 0 Å². The van der Waals surface area contributed by atoms with Crippen molar-refractivity contribution >= 4 is 61.4 Å². The van der Waals surface area contributed by atoms with Crippen LogP contribution in [0.15, 0.2) is 22.5 Å². The van der Waals surface area contributed by atoms with Crippen LogP contribution in [0.5, 0.6) is 0 Å². The van der Waals surface area contributed by atoms with Crippen molar-refractivity contribution in [1.82, 2.24) is 10.2 Å². The number of carbonyl (C=O) groups excluding carboxylic acids is 1. The second-order valence-corrected chi connectivity index (χ2v) is 9.76. The molecule has 0 unspecified atom stereocenters.